The van der Waals surface area contributed by atoms with E-state index in [4.69, 9.17) is 16.3 Å². The molecule has 2 aromatic rings. The fraction of sp³-hybridized carbons (Fsp3) is 0.391. The van der Waals surface area contributed by atoms with Gasteiger partial charge >= 0.3 is 0 Å². The number of nitrogens with one attached hydrogen (secondary N) is 1. The molecule has 0 radical (unpaired) electrons. The molecule has 0 unspecified atom stereocenters. The monoisotopic (exact) mass is 413 g/mol. The van der Waals surface area contributed by atoms with Gasteiger partial charge in [0.25, 0.3) is 5.91 Å². The number of ether oxygens (including phenoxy) is 1. The summed E-state index contributed by atoms with van der Waals surface area (Å²) in [4.78, 5) is 14.3. The van der Waals surface area contributed by atoms with Crippen LogP contribution in [0.2, 0.25) is 5.02 Å². The molecule has 1 atom stereocenters. The average molecular weight is 414 g/mol. The third-order valence-corrected chi connectivity index (χ3v) is 5.85. The van der Waals surface area contributed by atoms with Crippen LogP contribution < -0.4 is 15.1 Å². The molecule has 0 fully saturated rings. The number of benzene rings is 2. The van der Waals surface area contributed by atoms with E-state index in [-0.39, 0.29) is 18.1 Å². The Bertz CT molecular complexity index is 922. The maximum Gasteiger partial charge on any atom is 0.277 e. The van der Waals surface area contributed by atoms with Crippen LogP contribution in [0.25, 0.3) is 0 Å². The summed E-state index contributed by atoms with van der Waals surface area (Å²) < 4.78 is 5.42. The van der Waals surface area contributed by atoms with E-state index < -0.39 is 0 Å². The number of hydrogen-bond acceptors (Lipinski definition) is 4. The van der Waals surface area contributed by atoms with E-state index in [2.05, 4.69) is 62.3 Å². The zero-order valence-electron chi connectivity index (χ0n) is 17.6. The van der Waals surface area contributed by atoms with Crippen molar-refractivity contribution >= 4 is 29.4 Å². The van der Waals surface area contributed by atoms with Gasteiger partial charge in [-0.3, -0.25) is 4.79 Å². The van der Waals surface area contributed by atoms with E-state index >= 15 is 0 Å². The Morgan fingerprint density at radius 2 is 2.03 bits per heavy atom. The lowest BCUT2D eigenvalue weighted by Crippen LogP contribution is -2.45. The molecule has 0 aromatic heterocycles. The average Bonchev–Trinajstić information content (AvgIpc) is 2.66. The number of halogens is 1. The second-order valence-corrected chi connectivity index (χ2v) is 8.72. The van der Waals surface area contributed by atoms with Crippen molar-refractivity contribution in [3.05, 3.63) is 58.1 Å². The number of hydrazone groups is 1. The van der Waals surface area contributed by atoms with Crippen molar-refractivity contribution in [3.8, 4) is 5.75 Å². The van der Waals surface area contributed by atoms with Crippen LogP contribution in [-0.4, -0.2) is 31.3 Å². The van der Waals surface area contributed by atoms with E-state index in [0.717, 1.165) is 17.5 Å². The first-order valence-corrected chi connectivity index (χ1v) is 10.1. The molecule has 1 aliphatic rings. The van der Waals surface area contributed by atoms with Crippen molar-refractivity contribution in [1.29, 1.82) is 0 Å². The Hall–Kier alpha value is -2.53. The number of aryl methyl sites for hydroxylation is 1. The highest BCUT2D eigenvalue weighted by Gasteiger charge is 2.34. The van der Waals surface area contributed by atoms with E-state index in [1.165, 1.54) is 11.3 Å². The minimum atomic E-state index is -0.318. The van der Waals surface area contributed by atoms with Gasteiger partial charge in [0.2, 0.25) is 0 Å². The van der Waals surface area contributed by atoms with Crippen molar-refractivity contribution in [2.24, 2.45) is 5.10 Å². The maximum absolute atomic E-state index is 12.0. The molecule has 0 bridgehead atoms. The number of carbonyl (C=O) groups is 1. The molecule has 3 rings (SSSR count). The van der Waals surface area contributed by atoms with Gasteiger partial charge < -0.3 is 9.64 Å². The third kappa shape index (κ3) is 4.91. The molecule has 0 saturated carbocycles. The van der Waals surface area contributed by atoms with Crippen LogP contribution in [0.3, 0.4) is 0 Å². The Morgan fingerprint density at radius 1 is 1.34 bits per heavy atom. The van der Waals surface area contributed by atoms with Gasteiger partial charge in [-0.1, -0.05) is 18.5 Å². The number of anilines is 1. The molecule has 0 saturated heterocycles. The van der Waals surface area contributed by atoms with Gasteiger partial charge in [0.15, 0.2) is 6.61 Å². The highest BCUT2D eigenvalue weighted by molar-refractivity contribution is 6.30. The number of carbonyl (C=O) groups excluding carboxylic acids is 1. The van der Waals surface area contributed by atoms with Gasteiger partial charge in [0.1, 0.15) is 5.75 Å². The quantitative estimate of drug-likeness (QED) is 0.560. The first-order valence-electron chi connectivity index (χ1n) is 9.76. The Kier molecular flexibility index (Phi) is 6.18. The van der Waals surface area contributed by atoms with Crippen LogP contribution in [0.1, 0.15) is 49.8 Å². The molecule has 0 aliphatic carbocycles. The predicted octanol–water partition coefficient (Wildman–Crippen LogP) is 4.90. The molecular weight excluding hydrogens is 386 g/mol. The highest BCUT2D eigenvalue weighted by Crippen LogP contribution is 2.43. The van der Waals surface area contributed by atoms with E-state index in [9.17, 15) is 4.79 Å². The lowest BCUT2D eigenvalue weighted by molar-refractivity contribution is -0.123. The Balaban J connectivity index is 1.64. The van der Waals surface area contributed by atoms with Crippen molar-refractivity contribution in [1.82, 2.24) is 5.43 Å². The fourth-order valence-electron chi connectivity index (χ4n) is 3.76. The number of fused-ring (bicyclic) bond motifs is 1. The molecule has 1 N–H and O–H groups in total. The van der Waals surface area contributed by atoms with Crippen molar-refractivity contribution in [2.45, 2.75) is 45.6 Å². The summed E-state index contributed by atoms with van der Waals surface area (Å²) in [5.41, 5.74) is 7.36. The zero-order valence-corrected chi connectivity index (χ0v) is 18.4. The number of nitrogens with zero attached hydrogens (tertiary/aromatic N) is 2. The summed E-state index contributed by atoms with van der Waals surface area (Å²) >= 11 is 5.83. The van der Waals surface area contributed by atoms with Gasteiger partial charge in [-0.15, -0.1) is 0 Å². The number of hydrogen-bond donors (Lipinski definition) is 1. The first-order chi connectivity index (χ1) is 13.7. The molecule has 5 nitrogen and oxygen atoms in total. The standard InChI is InChI=1S/C23H28ClN3O2/c1-15-10-21-20(16(2)12-23(3,4)27(21)5)11-17(15)13-25-26-22(28)14-29-19-8-6-18(24)7-9-19/h6-11,13,16H,12,14H2,1-5H3,(H,26,28)/b25-13-/t16-/m0/s1. The van der Waals surface area contributed by atoms with E-state index in [1.807, 2.05) is 0 Å². The summed E-state index contributed by atoms with van der Waals surface area (Å²) in [6.45, 7) is 8.77. The molecule has 2 aromatic carbocycles. The predicted molar refractivity (Wildman–Crippen MR) is 119 cm³/mol. The fourth-order valence-corrected chi connectivity index (χ4v) is 3.89. The molecule has 29 heavy (non-hydrogen) atoms. The molecule has 1 amide bonds. The van der Waals surface area contributed by atoms with Crippen LogP contribution in [-0.2, 0) is 4.79 Å². The van der Waals surface area contributed by atoms with Crippen molar-refractivity contribution < 1.29 is 9.53 Å². The molecule has 1 heterocycles. The minimum absolute atomic E-state index is 0.112. The van der Waals surface area contributed by atoms with Crippen LogP contribution >= 0.6 is 11.6 Å². The third-order valence-electron chi connectivity index (χ3n) is 5.60. The molecule has 6 heteroatoms. The summed E-state index contributed by atoms with van der Waals surface area (Å²) in [7, 11) is 2.15. The Morgan fingerprint density at radius 3 is 2.72 bits per heavy atom. The van der Waals surface area contributed by atoms with Crippen molar-refractivity contribution in [3.63, 3.8) is 0 Å². The molecule has 154 valence electrons. The Labute approximate surface area is 177 Å². The molecule has 0 spiro atoms. The van der Waals surface area contributed by atoms with Crippen LogP contribution in [0.5, 0.6) is 5.75 Å². The second-order valence-electron chi connectivity index (χ2n) is 8.28. The summed E-state index contributed by atoms with van der Waals surface area (Å²) in [5, 5.41) is 4.73. The summed E-state index contributed by atoms with van der Waals surface area (Å²) in [5.74, 6) is 0.730. The van der Waals surface area contributed by atoms with Crippen LogP contribution in [0.4, 0.5) is 5.69 Å². The molecular formula is C23H28ClN3O2. The summed E-state index contributed by atoms with van der Waals surface area (Å²) in [6, 6.07) is 11.3. The molecule has 1 aliphatic heterocycles. The van der Waals surface area contributed by atoms with Gasteiger partial charge in [-0.2, -0.15) is 5.10 Å². The van der Waals surface area contributed by atoms with Crippen LogP contribution in [0, 0.1) is 6.92 Å². The van der Waals surface area contributed by atoms with Gasteiger partial charge in [-0.25, -0.2) is 5.43 Å². The summed E-state index contributed by atoms with van der Waals surface area (Å²) in [6.07, 6.45) is 2.79. The zero-order chi connectivity index (χ0) is 21.2. The SMILES string of the molecule is Cc1cc2c(cc1/C=N\NC(=O)COc1ccc(Cl)cc1)[C@@H](C)CC(C)(C)N2C. The van der Waals surface area contributed by atoms with E-state index in [1.54, 1.807) is 30.5 Å². The van der Waals surface area contributed by atoms with Gasteiger partial charge in [-0.05, 0) is 86.2 Å². The topological polar surface area (TPSA) is 53.9 Å². The maximum atomic E-state index is 12.0. The van der Waals surface area contributed by atoms with Crippen LogP contribution in [0.15, 0.2) is 41.5 Å². The smallest absolute Gasteiger partial charge is 0.277 e. The van der Waals surface area contributed by atoms with E-state index in [0.29, 0.717) is 16.7 Å². The van der Waals surface area contributed by atoms with Crippen molar-refractivity contribution in [2.75, 3.05) is 18.6 Å². The largest absolute Gasteiger partial charge is 0.484 e. The number of rotatable bonds is 5. The van der Waals surface area contributed by atoms with Gasteiger partial charge in [0.05, 0.1) is 6.21 Å². The van der Waals surface area contributed by atoms with Gasteiger partial charge in [0, 0.05) is 23.3 Å². The number of amides is 1. The lowest BCUT2D eigenvalue weighted by atomic mass is 9.79. The highest BCUT2D eigenvalue weighted by atomic mass is 35.5. The minimum Gasteiger partial charge on any atom is -0.484 e. The lowest BCUT2D eigenvalue weighted by Gasteiger charge is -2.45. The second kappa shape index (κ2) is 8.46. The first kappa shape index (κ1) is 21.2. The normalized spacial score (nSPS) is 17.9.